The van der Waals surface area contributed by atoms with Crippen LogP contribution in [0.1, 0.15) is 70.0 Å². The lowest BCUT2D eigenvalue weighted by atomic mass is 9.82. The van der Waals surface area contributed by atoms with Crippen LogP contribution in [-0.2, 0) is 9.59 Å². The predicted octanol–water partition coefficient (Wildman–Crippen LogP) is 5.30. The molecule has 6 nitrogen and oxygen atoms in total. The van der Waals surface area contributed by atoms with Gasteiger partial charge in [0.25, 0.3) is 0 Å². The van der Waals surface area contributed by atoms with Gasteiger partial charge < -0.3 is 9.80 Å². The molecule has 2 aliphatic heterocycles. The first-order chi connectivity index (χ1) is 20.4. The van der Waals surface area contributed by atoms with Crippen molar-refractivity contribution in [3.05, 3.63) is 71.8 Å². The van der Waals surface area contributed by atoms with E-state index >= 15 is 0 Å². The molecular formula is C36H50N4O2. The lowest BCUT2D eigenvalue weighted by Crippen LogP contribution is -2.59. The molecule has 226 valence electrons. The number of rotatable bonds is 7. The van der Waals surface area contributed by atoms with Crippen molar-refractivity contribution in [2.75, 3.05) is 45.8 Å². The molecular weight excluding hydrogens is 520 g/mol. The van der Waals surface area contributed by atoms with Gasteiger partial charge in [0.2, 0.25) is 11.8 Å². The van der Waals surface area contributed by atoms with Crippen LogP contribution in [0, 0.1) is 23.7 Å². The summed E-state index contributed by atoms with van der Waals surface area (Å²) < 4.78 is 0. The molecule has 0 aromatic heterocycles. The van der Waals surface area contributed by atoms with Gasteiger partial charge in [-0.15, -0.1) is 0 Å². The van der Waals surface area contributed by atoms with Gasteiger partial charge in [-0.2, -0.15) is 0 Å². The van der Waals surface area contributed by atoms with Gasteiger partial charge in [-0.05, 0) is 56.1 Å². The molecule has 4 atom stereocenters. The number of hydrogen-bond donors (Lipinski definition) is 0. The summed E-state index contributed by atoms with van der Waals surface area (Å²) >= 11 is 0. The SMILES string of the molecule is CC1CCC(CN2CC(C)N(C(=O)C3CC3C(=O)N3CCN(C(c4ccccc4)c4ccccc4)CC3)C(C)C2)CC1. The fourth-order valence-electron chi connectivity index (χ4n) is 8.14. The van der Waals surface area contributed by atoms with E-state index in [1.165, 1.54) is 43.4 Å². The quantitative estimate of drug-likeness (QED) is 0.453. The van der Waals surface area contributed by atoms with E-state index in [0.29, 0.717) is 6.42 Å². The second-order valence-electron chi connectivity index (χ2n) is 13.8. The third-order valence-corrected chi connectivity index (χ3v) is 10.5. The van der Waals surface area contributed by atoms with Crippen molar-refractivity contribution in [3.8, 4) is 0 Å². The lowest BCUT2D eigenvalue weighted by Gasteiger charge is -2.46. The molecule has 2 aromatic carbocycles. The minimum atomic E-state index is -0.134. The maximum Gasteiger partial charge on any atom is 0.227 e. The summed E-state index contributed by atoms with van der Waals surface area (Å²) in [7, 11) is 0. The summed E-state index contributed by atoms with van der Waals surface area (Å²) in [6.45, 7) is 13.0. The normalized spacial score (nSPS) is 30.9. The highest BCUT2D eigenvalue weighted by molar-refractivity contribution is 5.92. The summed E-state index contributed by atoms with van der Waals surface area (Å²) in [5.74, 6) is 1.83. The summed E-state index contributed by atoms with van der Waals surface area (Å²) in [5.41, 5.74) is 2.57. The Bertz CT molecular complexity index is 1140. The smallest absolute Gasteiger partial charge is 0.227 e. The number of nitrogens with zero attached hydrogens (tertiary/aromatic N) is 4. The lowest BCUT2D eigenvalue weighted by molar-refractivity contribution is -0.144. The van der Waals surface area contributed by atoms with E-state index in [9.17, 15) is 9.59 Å². The van der Waals surface area contributed by atoms with E-state index in [1.807, 2.05) is 4.90 Å². The van der Waals surface area contributed by atoms with Crippen molar-refractivity contribution < 1.29 is 9.59 Å². The number of carbonyl (C=O) groups is 2. The first-order valence-corrected chi connectivity index (χ1v) is 16.6. The monoisotopic (exact) mass is 570 g/mol. The van der Waals surface area contributed by atoms with Crippen molar-refractivity contribution in [1.82, 2.24) is 19.6 Å². The van der Waals surface area contributed by atoms with Crippen molar-refractivity contribution in [3.63, 3.8) is 0 Å². The van der Waals surface area contributed by atoms with E-state index in [4.69, 9.17) is 0 Å². The van der Waals surface area contributed by atoms with E-state index < -0.39 is 0 Å². The molecule has 6 rings (SSSR count). The molecule has 0 bridgehead atoms. The van der Waals surface area contributed by atoms with E-state index in [2.05, 4.69) is 96.1 Å². The van der Waals surface area contributed by atoms with Gasteiger partial charge in [-0.1, -0.05) is 80.4 Å². The Balaban J connectivity index is 1.01. The zero-order chi connectivity index (χ0) is 29.2. The van der Waals surface area contributed by atoms with Gasteiger partial charge in [0.05, 0.1) is 17.9 Å². The van der Waals surface area contributed by atoms with Gasteiger partial charge in [0.15, 0.2) is 0 Å². The van der Waals surface area contributed by atoms with Gasteiger partial charge >= 0.3 is 0 Å². The number of benzene rings is 2. The van der Waals surface area contributed by atoms with Crippen molar-refractivity contribution in [2.45, 2.75) is 71.0 Å². The molecule has 6 heteroatoms. The highest BCUT2D eigenvalue weighted by Gasteiger charge is 2.53. The Labute approximate surface area is 253 Å². The van der Waals surface area contributed by atoms with E-state index in [1.54, 1.807) is 0 Å². The first kappa shape index (κ1) is 29.4. The highest BCUT2D eigenvalue weighted by Crippen LogP contribution is 2.43. The molecule has 0 N–H and O–H groups in total. The van der Waals surface area contributed by atoms with Crippen LogP contribution in [0.15, 0.2) is 60.7 Å². The second-order valence-corrected chi connectivity index (χ2v) is 13.8. The molecule has 0 spiro atoms. The van der Waals surface area contributed by atoms with E-state index in [0.717, 1.165) is 51.1 Å². The Kier molecular flexibility index (Phi) is 9.01. The van der Waals surface area contributed by atoms with Crippen LogP contribution in [0.25, 0.3) is 0 Å². The molecule has 2 amide bonds. The summed E-state index contributed by atoms with van der Waals surface area (Å²) in [6.07, 6.45) is 6.14. The Hall–Kier alpha value is -2.70. The van der Waals surface area contributed by atoms with Crippen molar-refractivity contribution >= 4 is 11.8 Å². The molecule has 2 aliphatic carbocycles. The average Bonchev–Trinajstić information content (AvgIpc) is 3.81. The standard InChI is InChI=1S/C36H50N4O2/c1-26-14-16-29(17-15-26)25-37-23-27(2)40(28(3)24-37)36(42)33-22-32(33)35(41)39-20-18-38(19-21-39)34(30-10-6-4-7-11-30)31-12-8-5-9-13-31/h4-13,26-29,32-34H,14-25H2,1-3H3. The molecule has 4 unspecified atom stereocenters. The Morgan fingerprint density at radius 2 is 1.24 bits per heavy atom. The maximum atomic E-state index is 13.7. The number of amides is 2. The van der Waals surface area contributed by atoms with Crippen LogP contribution >= 0.6 is 0 Å². The van der Waals surface area contributed by atoms with Crippen molar-refractivity contribution in [1.29, 1.82) is 0 Å². The zero-order valence-electron chi connectivity index (χ0n) is 25.9. The fourth-order valence-corrected chi connectivity index (χ4v) is 8.14. The maximum absolute atomic E-state index is 13.7. The van der Waals surface area contributed by atoms with Crippen LogP contribution in [0.5, 0.6) is 0 Å². The van der Waals surface area contributed by atoms with Crippen LogP contribution in [0.3, 0.4) is 0 Å². The van der Waals surface area contributed by atoms with Crippen LogP contribution in [0.4, 0.5) is 0 Å². The first-order valence-electron chi connectivity index (χ1n) is 16.6. The molecule has 2 heterocycles. The molecule has 2 saturated heterocycles. The van der Waals surface area contributed by atoms with Gasteiger partial charge in [-0.25, -0.2) is 0 Å². The number of carbonyl (C=O) groups excluding carboxylic acids is 2. The van der Waals surface area contributed by atoms with Gasteiger partial charge in [0, 0.05) is 57.9 Å². The number of hydrogen-bond acceptors (Lipinski definition) is 4. The molecule has 2 aromatic rings. The van der Waals surface area contributed by atoms with Crippen molar-refractivity contribution in [2.24, 2.45) is 23.7 Å². The van der Waals surface area contributed by atoms with Crippen LogP contribution in [0.2, 0.25) is 0 Å². The molecule has 4 aliphatic rings. The molecule has 0 radical (unpaired) electrons. The third kappa shape index (κ3) is 6.45. The van der Waals surface area contributed by atoms with Gasteiger partial charge in [-0.3, -0.25) is 19.4 Å². The molecule has 42 heavy (non-hydrogen) atoms. The van der Waals surface area contributed by atoms with Gasteiger partial charge in [0.1, 0.15) is 0 Å². The Morgan fingerprint density at radius 1 is 0.714 bits per heavy atom. The fraction of sp³-hybridized carbons (Fsp3) is 0.611. The topological polar surface area (TPSA) is 47.1 Å². The minimum absolute atomic E-state index is 0.131. The highest BCUT2D eigenvalue weighted by atomic mass is 16.2. The summed E-state index contributed by atoms with van der Waals surface area (Å²) in [5, 5.41) is 0. The molecule has 4 fully saturated rings. The largest absolute Gasteiger partial charge is 0.340 e. The zero-order valence-corrected chi connectivity index (χ0v) is 25.9. The average molecular weight is 571 g/mol. The molecule has 2 saturated carbocycles. The second kappa shape index (κ2) is 12.9. The predicted molar refractivity (Wildman–Crippen MR) is 168 cm³/mol. The third-order valence-electron chi connectivity index (χ3n) is 10.5. The minimum Gasteiger partial charge on any atom is -0.340 e. The summed E-state index contributed by atoms with van der Waals surface area (Å²) in [4.78, 5) is 36.5. The van der Waals surface area contributed by atoms with Crippen LogP contribution in [-0.4, -0.2) is 89.3 Å². The Morgan fingerprint density at radius 3 is 1.79 bits per heavy atom. The number of piperazine rings is 2. The van der Waals surface area contributed by atoms with E-state index in [-0.39, 0.29) is 41.8 Å². The summed E-state index contributed by atoms with van der Waals surface area (Å²) in [6, 6.07) is 22.0. The van der Waals surface area contributed by atoms with Crippen LogP contribution < -0.4 is 0 Å².